The summed E-state index contributed by atoms with van der Waals surface area (Å²) in [5.74, 6) is 1.54. The summed E-state index contributed by atoms with van der Waals surface area (Å²) in [4.78, 5) is 11.9. The summed E-state index contributed by atoms with van der Waals surface area (Å²) in [6, 6.07) is 0. The first-order valence-corrected chi connectivity index (χ1v) is 5.40. The molecule has 2 atom stereocenters. The van der Waals surface area contributed by atoms with E-state index in [4.69, 9.17) is 0 Å². The summed E-state index contributed by atoms with van der Waals surface area (Å²) in [5.41, 5.74) is 3.10. The van der Waals surface area contributed by atoms with Crippen molar-refractivity contribution in [1.82, 2.24) is 0 Å². The predicted octanol–water partition coefficient (Wildman–Crippen LogP) is 2.71. The van der Waals surface area contributed by atoms with Crippen LogP contribution in [0.5, 0.6) is 0 Å². The van der Waals surface area contributed by atoms with Crippen molar-refractivity contribution in [3.63, 3.8) is 0 Å². The van der Waals surface area contributed by atoms with E-state index in [9.17, 15) is 4.79 Å². The SMILES string of the molecule is CC1(C)[C@@H]2C3=C(CCCC3)C(=O)[C@@H]21. The smallest absolute Gasteiger partial charge is 0.163 e. The van der Waals surface area contributed by atoms with Crippen LogP contribution in [0.3, 0.4) is 0 Å². The zero-order valence-electron chi connectivity index (χ0n) is 8.39. The molecule has 3 aliphatic rings. The molecule has 0 radical (unpaired) electrons. The summed E-state index contributed by atoms with van der Waals surface area (Å²) < 4.78 is 0. The molecule has 1 heteroatoms. The highest BCUT2D eigenvalue weighted by Gasteiger charge is 2.67. The van der Waals surface area contributed by atoms with Crippen LogP contribution in [0.15, 0.2) is 11.1 Å². The Bertz CT molecular complexity index is 322. The van der Waals surface area contributed by atoms with Crippen LogP contribution < -0.4 is 0 Å². The fourth-order valence-electron chi connectivity index (χ4n) is 3.52. The molecule has 0 spiro atoms. The first-order chi connectivity index (χ1) is 6.14. The molecule has 0 aromatic rings. The van der Waals surface area contributed by atoms with Gasteiger partial charge < -0.3 is 0 Å². The van der Waals surface area contributed by atoms with Gasteiger partial charge in [0.2, 0.25) is 0 Å². The molecule has 0 aromatic carbocycles. The number of Topliss-reactive ketones (excluding diaryl/α,β-unsaturated/α-hetero) is 1. The van der Waals surface area contributed by atoms with Crippen molar-refractivity contribution in [3.05, 3.63) is 11.1 Å². The van der Waals surface area contributed by atoms with Crippen LogP contribution in [-0.4, -0.2) is 5.78 Å². The Morgan fingerprint density at radius 3 is 2.62 bits per heavy atom. The van der Waals surface area contributed by atoms with Crippen LogP contribution >= 0.6 is 0 Å². The van der Waals surface area contributed by atoms with Crippen LogP contribution in [0.25, 0.3) is 0 Å². The number of rotatable bonds is 0. The molecule has 0 bridgehead atoms. The van der Waals surface area contributed by atoms with Crippen molar-refractivity contribution in [2.75, 3.05) is 0 Å². The molecule has 3 rings (SSSR count). The highest BCUT2D eigenvalue weighted by Crippen LogP contribution is 2.68. The lowest BCUT2D eigenvalue weighted by Gasteiger charge is -2.19. The number of hydrogen-bond donors (Lipinski definition) is 0. The van der Waals surface area contributed by atoms with E-state index in [1.807, 2.05) is 0 Å². The molecule has 0 N–H and O–H groups in total. The Morgan fingerprint density at radius 2 is 1.85 bits per heavy atom. The van der Waals surface area contributed by atoms with Crippen LogP contribution in [0.4, 0.5) is 0 Å². The molecule has 3 aliphatic carbocycles. The van der Waals surface area contributed by atoms with E-state index in [1.165, 1.54) is 24.8 Å². The third-order valence-electron chi connectivity index (χ3n) is 4.29. The van der Waals surface area contributed by atoms with Gasteiger partial charge in [-0.25, -0.2) is 0 Å². The van der Waals surface area contributed by atoms with Crippen molar-refractivity contribution in [1.29, 1.82) is 0 Å². The van der Waals surface area contributed by atoms with Crippen LogP contribution in [0.1, 0.15) is 39.5 Å². The summed E-state index contributed by atoms with van der Waals surface area (Å²) >= 11 is 0. The Labute approximate surface area is 79.2 Å². The molecule has 1 fully saturated rings. The normalized spacial score (nSPS) is 40.3. The van der Waals surface area contributed by atoms with Crippen molar-refractivity contribution in [2.24, 2.45) is 17.3 Å². The Kier molecular flexibility index (Phi) is 1.24. The summed E-state index contributed by atoms with van der Waals surface area (Å²) in [7, 11) is 0. The van der Waals surface area contributed by atoms with Crippen molar-refractivity contribution < 1.29 is 4.79 Å². The predicted molar refractivity (Wildman–Crippen MR) is 51.3 cm³/mol. The minimum atomic E-state index is 0.313. The zero-order chi connectivity index (χ0) is 9.22. The van der Waals surface area contributed by atoms with Gasteiger partial charge in [0, 0.05) is 5.92 Å². The second-order valence-electron chi connectivity index (χ2n) is 5.35. The largest absolute Gasteiger partial charge is 0.294 e. The summed E-state index contributed by atoms with van der Waals surface area (Å²) in [5, 5.41) is 0. The van der Waals surface area contributed by atoms with Gasteiger partial charge in [0.05, 0.1) is 0 Å². The molecule has 70 valence electrons. The van der Waals surface area contributed by atoms with Gasteiger partial charge in [0.15, 0.2) is 5.78 Å². The van der Waals surface area contributed by atoms with Crippen LogP contribution in [0, 0.1) is 17.3 Å². The molecular weight excluding hydrogens is 160 g/mol. The number of fused-ring (bicyclic) bond motifs is 2. The van der Waals surface area contributed by atoms with Crippen molar-refractivity contribution in [2.45, 2.75) is 39.5 Å². The van der Waals surface area contributed by atoms with Gasteiger partial charge in [0.25, 0.3) is 0 Å². The maximum Gasteiger partial charge on any atom is 0.163 e. The van der Waals surface area contributed by atoms with Crippen molar-refractivity contribution in [3.8, 4) is 0 Å². The molecule has 0 unspecified atom stereocenters. The Morgan fingerprint density at radius 1 is 1.15 bits per heavy atom. The van der Waals surface area contributed by atoms with E-state index in [1.54, 1.807) is 5.57 Å². The molecule has 0 amide bonds. The average molecular weight is 176 g/mol. The molecular formula is C12H16O. The molecule has 13 heavy (non-hydrogen) atoms. The lowest BCUT2D eigenvalue weighted by Crippen LogP contribution is -2.12. The van der Waals surface area contributed by atoms with E-state index in [0.717, 1.165) is 6.42 Å². The molecule has 0 aromatic heterocycles. The lowest BCUT2D eigenvalue weighted by atomic mass is 9.85. The fraction of sp³-hybridized carbons (Fsp3) is 0.750. The second kappa shape index (κ2) is 2.08. The van der Waals surface area contributed by atoms with E-state index < -0.39 is 0 Å². The van der Waals surface area contributed by atoms with Crippen LogP contribution in [-0.2, 0) is 4.79 Å². The average Bonchev–Trinajstić information content (AvgIpc) is 2.50. The highest BCUT2D eigenvalue weighted by atomic mass is 16.1. The highest BCUT2D eigenvalue weighted by molar-refractivity contribution is 6.04. The summed E-state index contributed by atoms with van der Waals surface area (Å²) in [6.45, 7) is 4.50. The molecule has 0 heterocycles. The van der Waals surface area contributed by atoms with E-state index in [-0.39, 0.29) is 0 Å². The van der Waals surface area contributed by atoms with E-state index >= 15 is 0 Å². The number of hydrogen-bond acceptors (Lipinski definition) is 1. The molecule has 0 aliphatic heterocycles. The minimum Gasteiger partial charge on any atom is -0.294 e. The quantitative estimate of drug-likeness (QED) is 0.554. The second-order valence-corrected chi connectivity index (χ2v) is 5.35. The van der Waals surface area contributed by atoms with Gasteiger partial charge in [-0.2, -0.15) is 0 Å². The maximum atomic E-state index is 11.9. The zero-order valence-corrected chi connectivity index (χ0v) is 8.39. The van der Waals surface area contributed by atoms with Crippen molar-refractivity contribution >= 4 is 5.78 Å². The van der Waals surface area contributed by atoms with Crippen LogP contribution in [0.2, 0.25) is 0 Å². The third-order valence-corrected chi connectivity index (χ3v) is 4.29. The fourth-order valence-corrected chi connectivity index (χ4v) is 3.52. The van der Waals surface area contributed by atoms with Gasteiger partial charge in [0.1, 0.15) is 0 Å². The third kappa shape index (κ3) is 0.762. The Hall–Kier alpha value is -0.590. The van der Waals surface area contributed by atoms with Gasteiger partial charge in [-0.05, 0) is 42.6 Å². The molecule has 1 saturated carbocycles. The number of carbonyl (C=O) groups excluding carboxylic acids is 1. The lowest BCUT2D eigenvalue weighted by molar-refractivity contribution is -0.117. The Balaban J connectivity index is 2.04. The summed E-state index contributed by atoms with van der Waals surface area (Å²) in [6.07, 6.45) is 4.85. The van der Waals surface area contributed by atoms with Gasteiger partial charge in [-0.1, -0.05) is 19.4 Å². The first-order valence-electron chi connectivity index (χ1n) is 5.40. The van der Waals surface area contributed by atoms with E-state index in [0.29, 0.717) is 23.0 Å². The topological polar surface area (TPSA) is 17.1 Å². The standard InChI is InChI=1S/C12H16O/c1-12(2)9-7-5-3-4-6-8(7)11(13)10(9)12/h9-10H,3-6H2,1-2H3/t9-,10-/m1/s1. The maximum absolute atomic E-state index is 11.9. The van der Waals surface area contributed by atoms with E-state index in [2.05, 4.69) is 13.8 Å². The molecule has 1 nitrogen and oxygen atoms in total. The monoisotopic (exact) mass is 176 g/mol. The first kappa shape index (κ1) is 7.78. The number of ketones is 1. The molecule has 0 saturated heterocycles. The van der Waals surface area contributed by atoms with Gasteiger partial charge in [-0.15, -0.1) is 0 Å². The van der Waals surface area contributed by atoms with Gasteiger partial charge in [-0.3, -0.25) is 4.79 Å². The van der Waals surface area contributed by atoms with Gasteiger partial charge >= 0.3 is 0 Å². The minimum absolute atomic E-state index is 0.313. The number of carbonyl (C=O) groups is 1. The number of allylic oxidation sites excluding steroid dienone is 2.